The van der Waals surface area contributed by atoms with Crippen molar-refractivity contribution < 1.29 is 44.0 Å². The molecule has 0 spiro atoms. The molecule has 0 saturated carbocycles. The van der Waals surface area contributed by atoms with E-state index in [-0.39, 0.29) is 37.2 Å². The van der Waals surface area contributed by atoms with Crippen molar-refractivity contribution in [2.45, 2.75) is 75.1 Å². The number of carbonyl (C=O) groups is 5. The average Bonchev–Trinajstić information content (AvgIpc) is 3.83. The number of carboxylic acid groups (broad SMARTS) is 1. The predicted octanol–water partition coefficient (Wildman–Crippen LogP) is 0.582. The summed E-state index contributed by atoms with van der Waals surface area (Å²) >= 11 is 1.38. The number of nitrogens with one attached hydrogen (secondary N) is 6. The molecule has 0 radical (unpaired) electrons. The van der Waals surface area contributed by atoms with E-state index in [9.17, 15) is 48.9 Å². The number of amides is 5. The lowest BCUT2D eigenvalue weighted by molar-refractivity contribution is -0.140. The number of para-hydroxylation sites is 1. The zero-order valence-electron chi connectivity index (χ0n) is 35.4. The van der Waals surface area contributed by atoms with E-state index in [0.717, 1.165) is 33.9 Å². The van der Waals surface area contributed by atoms with Gasteiger partial charge in [-0.15, -0.1) is 0 Å². The minimum Gasteiger partial charge on any atom is -0.508 e. The van der Waals surface area contributed by atoms with Gasteiger partial charge in [-0.3, -0.25) is 33.6 Å². The Hall–Kier alpha value is -6.58. The number of aliphatic hydroxyl groups excluding tert-OH is 1. The van der Waals surface area contributed by atoms with Gasteiger partial charge in [0.15, 0.2) is 0 Å². The average molecular weight is 892 g/mol. The van der Waals surface area contributed by atoms with E-state index in [1.165, 1.54) is 35.8 Å². The third kappa shape index (κ3) is 12.3. The molecule has 5 rings (SSSR count). The Labute approximate surface area is 366 Å². The van der Waals surface area contributed by atoms with E-state index in [1.54, 1.807) is 50.5 Å². The van der Waals surface area contributed by atoms with Crippen molar-refractivity contribution >= 4 is 52.4 Å². The first-order chi connectivity index (χ1) is 30.0. The molecule has 5 unspecified atom stereocenters. The van der Waals surface area contributed by atoms with Crippen LogP contribution in [0.5, 0.6) is 5.75 Å². The summed E-state index contributed by atoms with van der Waals surface area (Å²) in [5.74, 6) is -2.90. The number of urea groups is 1. The van der Waals surface area contributed by atoms with Gasteiger partial charge in [0.05, 0.1) is 12.1 Å². The van der Waals surface area contributed by atoms with Crippen molar-refractivity contribution in [1.82, 2.24) is 45.6 Å². The number of aromatic hydroxyl groups is 1. The van der Waals surface area contributed by atoms with Gasteiger partial charge in [-0.2, -0.15) is 11.8 Å². The number of aliphatic hydroxyl groups is 1. The lowest BCUT2D eigenvalue weighted by atomic mass is 10.0. The number of carboxylic acids is 1. The smallest absolute Gasteiger partial charge is 0.331 e. The number of aromatic amines is 2. The Morgan fingerprint density at radius 3 is 2.40 bits per heavy atom. The third-order valence-electron chi connectivity index (χ3n) is 10.7. The summed E-state index contributed by atoms with van der Waals surface area (Å²) in [4.78, 5) is 100. The number of phenolic OH excluding ortho intramolecular Hbond substituents is 1. The van der Waals surface area contributed by atoms with Crippen LogP contribution in [0.2, 0.25) is 0 Å². The highest BCUT2D eigenvalue weighted by Crippen LogP contribution is 2.30. The quantitative estimate of drug-likeness (QED) is 0.0624. The van der Waals surface area contributed by atoms with Crippen molar-refractivity contribution in [3.05, 3.63) is 111 Å². The van der Waals surface area contributed by atoms with Crippen LogP contribution in [0.3, 0.4) is 0 Å². The van der Waals surface area contributed by atoms with Crippen LogP contribution in [0, 0.1) is 0 Å². The first kappa shape index (κ1) is 47.5. The Kier molecular flexibility index (Phi) is 16.2. The van der Waals surface area contributed by atoms with Crippen LogP contribution < -0.4 is 32.5 Å². The first-order valence-corrected chi connectivity index (χ1v) is 21.4. The van der Waals surface area contributed by atoms with E-state index in [4.69, 9.17) is 4.74 Å². The Balaban J connectivity index is 1.37. The Morgan fingerprint density at radius 2 is 1.71 bits per heavy atom. The molecule has 338 valence electrons. The molecule has 2 aromatic carbocycles. The fraction of sp³-hybridized carbons (Fsp3) is 0.405. The van der Waals surface area contributed by atoms with Crippen molar-refractivity contribution in [1.29, 1.82) is 0 Å². The summed E-state index contributed by atoms with van der Waals surface area (Å²) < 4.78 is 6.73. The predicted molar refractivity (Wildman–Crippen MR) is 234 cm³/mol. The second kappa shape index (κ2) is 21.5. The number of H-pyrrole nitrogens is 2. The van der Waals surface area contributed by atoms with Crippen LogP contribution in [-0.2, 0) is 36.8 Å². The second-order valence-electron chi connectivity index (χ2n) is 15.4. The summed E-state index contributed by atoms with van der Waals surface area (Å²) in [6, 6.07) is 7.96. The highest BCUT2D eigenvalue weighted by molar-refractivity contribution is 7.98. The number of aliphatic carboxylic acids is 1. The number of rotatable bonds is 19. The van der Waals surface area contributed by atoms with Crippen LogP contribution in [0.25, 0.3) is 10.9 Å². The molecule has 1 aliphatic rings. The van der Waals surface area contributed by atoms with E-state index >= 15 is 0 Å². The van der Waals surface area contributed by atoms with Crippen molar-refractivity contribution in [2.24, 2.45) is 0 Å². The number of phenols is 1. The fourth-order valence-electron chi connectivity index (χ4n) is 7.09. The molecular weight excluding hydrogens is 839 g/mol. The molecule has 0 bridgehead atoms. The number of thioether (sulfide) groups is 1. The maximum Gasteiger partial charge on any atom is 0.331 e. The number of benzene rings is 2. The topological polar surface area (TPSA) is 281 Å². The molecule has 9 N–H and O–H groups in total. The number of fused-ring (bicyclic) bond motifs is 1. The highest BCUT2D eigenvalue weighted by Gasteiger charge is 2.38. The van der Waals surface area contributed by atoms with Gasteiger partial charge in [-0.25, -0.2) is 14.4 Å². The molecule has 3 heterocycles. The van der Waals surface area contributed by atoms with Crippen molar-refractivity contribution in [2.75, 3.05) is 33.2 Å². The molecule has 2 aromatic heterocycles. The van der Waals surface area contributed by atoms with Gasteiger partial charge in [0.1, 0.15) is 35.7 Å². The molecule has 0 aliphatic carbocycles. The maximum atomic E-state index is 14.2. The molecule has 4 aromatic rings. The lowest BCUT2D eigenvalue weighted by Crippen LogP contribution is -2.62. The SMILES string of the molecule is CSCCC(NC(=O)NC(Cc1c[nH]c2ccccc12)C(=O)O)C(=O)NC(C(=O)N/C=C1\C[C@@H](O)[C@H](n2ccc(=O)[nH]c2=O)O1)C(C)N(C)C(=O)C(Cc1cccc(O)c1)N(C)C. The number of hydrogen-bond donors (Lipinski definition) is 9. The van der Waals surface area contributed by atoms with E-state index < -0.39 is 83.5 Å². The van der Waals surface area contributed by atoms with Gasteiger partial charge in [0, 0.05) is 55.5 Å². The van der Waals surface area contributed by atoms with Gasteiger partial charge in [0.2, 0.25) is 23.9 Å². The van der Waals surface area contributed by atoms with Gasteiger partial charge in [0.25, 0.3) is 5.56 Å². The molecule has 5 amide bonds. The summed E-state index contributed by atoms with van der Waals surface area (Å²) in [5, 5.41) is 41.9. The summed E-state index contributed by atoms with van der Waals surface area (Å²) in [7, 11) is 4.88. The summed E-state index contributed by atoms with van der Waals surface area (Å²) in [6.07, 6.45) is 3.35. The Morgan fingerprint density at radius 1 is 0.984 bits per heavy atom. The third-order valence-corrected chi connectivity index (χ3v) is 11.4. The van der Waals surface area contributed by atoms with Crippen LogP contribution in [0.1, 0.15) is 37.1 Å². The molecule has 1 fully saturated rings. The van der Waals surface area contributed by atoms with Crippen LogP contribution in [0.15, 0.2) is 88.5 Å². The number of ether oxygens (including phenoxy) is 1. The number of carbonyl (C=O) groups excluding carboxylic acids is 4. The van der Waals surface area contributed by atoms with Crippen LogP contribution >= 0.6 is 11.8 Å². The number of likely N-dealkylation sites (N-methyl/N-ethyl adjacent to an activating group) is 2. The van der Waals surface area contributed by atoms with Crippen LogP contribution in [0.4, 0.5) is 4.79 Å². The maximum absolute atomic E-state index is 14.2. The van der Waals surface area contributed by atoms with Crippen molar-refractivity contribution in [3.8, 4) is 5.75 Å². The summed E-state index contributed by atoms with van der Waals surface area (Å²) in [6.45, 7) is 1.55. The molecule has 63 heavy (non-hydrogen) atoms. The second-order valence-corrected chi connectivity index (χ2v) is 16.3. The normalized spacial score (nSPS) is 17.9. The largest absolute Gasteiger partial charge is 0.508 e. The molecule has 1 saturated heterocycles. The van der Waals surface area contributed by atoms with Crippen LogP contribution in [-0.4, -0.2) is 139 Å². The zero-order chi connectivity index (χ0) is 46.0. The van der Waals surface area contributed by atoms with E-state index in [0.29, 0.717) is 16.9 Å². The molecule has 20 nitrogen and oxygen atoms in total. The number of nitrogens with zero attached hydrogens (tertiary/aromatic N) is 3. The standard InChI is InChI=1S/C42H53N9O11S/c1-23(50(4)38(57)32(49(2)3)18-24-9-8-10-26(52)17-24)35(37(56)44-22-27-20-33(53)39(62-27)51-15-13-34(54)47-42(51)61)48-36(55)30(14-16-63-5)45-41(60)46-31(40(58)59)19-25-21-43-29-12-7-6-11-28(25)29/h6-13,15,17,21-23,30-33,35,39,43,52-53H,14,16,18-20H2,1-5H3,(H,44,56)(H,48,55)(H,58,59)(H2,45,46,60)(H,47,54,61)/b27-22+/t23?,30?,31?,32?,33-,35?,39-/m1/s1. The summed E-state index contributed by atoms with van der Waals surface area (Å²) in [5.41, 5.74) is 0.646. The fourth-order valence-corrected chi connectivity index (χ4v) is 7.56. The number of hydrogen-bond acceptors (Lipinski definition) is 12. The molecule has 7 atom stereocenters. The van der Waals surface area contributed by atoms with Gasteiger partial charge in [-0.1, -0.05) is 30.3 Å². The van der Waals surface area contributed by atoms with E-state index in [2.05, 4.69) is 31.2 Å². The molecule has 21 heteroatoms. The molecule has 1 aliphatic heterocycles. The minimum atomic E-state index is -1.48. The van der Waals surface area contributed by atoms with Crippen molar-refractivity contribution in [3.63, 3.8) is 0 Å². The van der Waals surface area contributed by atoms with Gasteiger partial charge in [-0.05, 0) is 75.2 Å². The lowest BCUT2D eigenvalue weighted by Gasteiger charge is -2.36. The zero-order valence-corrected chi connectivity index (χ0v) is 36.2. The molecular formula is C42H53N9O11S. The Bertz CT molecular complexity index is 2430. The number of aromatic nitrogens is 3. The van der Waals surface area contributed by atoms with Gasteiger partial charge < -0.3 is 51.2 Å². The van der Waals surface area contributed by atoms with Gasteiger partial charge >= 0.3 is 17.7 Å². The first-order valence-electron chi connectivity index (χ1n) is 20.0. The highest BCUT2D eigenvalue weighted by atomic mass is 32.2. The monoisotopic (exact) mass is 891 g/mol. The van der Waals surface area contributed by atoms with E-state index in [1.807, 2.05) is 24.3 Å². The minimum absolute atomic E-state index is 0.0228.